The van der Waals surface area contributed by atoms with Crippen LogP contribution < -0.4 is 11.1 Å². The lowest BCUT2D eigenvalue weighted by molar-refractivity contribution is -0.121. The van der Waals surface area contributed by atoms with E-state index in [9.17, 15) is 14.4 Å². The molecule has 1 aromatic rings. The Morgan fingerprint density at radius 1 is 1.39 bits per heavy atom. The van der Waals surface area contributed by atoms with Crippen molar-refractivity contribution < 1.29 is 24.2 Å². The van der Waals surface area contributed by atoms with Gasteiger partial charge in [0.15, 0.2) is 5.69 Å². The van der Waals surface area contributed by atoms with Crippen LogP contribution in [-0.2, 0) is 16.1 Å². The molecule has 0 saturated carbocycles. The summed E-state index contributed by atoms with van der Waals surface area (Å²) in [5.74, 6) is -2.00. The van der Waals surface area contributed by atoms with Crippen LogP contribution in [-0.4, -0.2) is 43.7 Å². The highest BCUT2D eigenvalue weighted by Gasteiger charge is 2.26. The van der Waals surface area contributed by atoms with Crippen molar-refractivity contribution in [3.8, 4) is 0 Å². The fraction of sp³-hybridized carbons (Fsp3) is 0.615. The molecule has 23 heavy (non-hydrogen) atoms. The Bertz CT molecular complexity index is 604. The van der Waals surface area contributed by atoms with Crippen molar-refractivity contribution in [2.24, 2.45) is 5.73 Å². The molecule has 0 aliphatic rings. The first-order chi connectivity index (χ1) is 10.6. The number of aromatic carboxylic acids is 1. The van der Waals surface area contributed by atoms with Gasteiger partial charge in [-0.2, -0.15) is 0 Å². The number of amides is 2. The molecule has 1 atom stereocenters. The first-order valence-electron chi connectivity index (χ1n) is 7.00. The van der Waals surface area contributed by atoms with E-state index in [1.54, 1.807) is 27.7 Å². The number of alkyl carbamates (subject to hydrolysis) is 1. The SMILES string of the molecule is CCC(C(N)=O)n1nnc(C(=O)O)c1CNC(=O)OC(C)(C)C. The molecule has 4 N–H and O–H groups in total. The molecule has 1 aromatic heterocycles. The van der Waals surface area contributed by atoms with Crippen LogP contribution in [0, 0.1) is 0 Å². The van der Waals surface area contributed by atoms with Crippen molar-refractivity contribution in [2.45, 2.75) is 52.3 Å². The number of carboxylic acid groups (broad SMARTS) is 1. The summed E-state index contributed by atoms with van der Waals surface area (Å²) in [6.07, 6.45) is -0.425. The summed E-state index contributed by atoms with van der Waals surface area (Å²) in [7, 11) is 0. The third kappa shape index (κ3) is 4.94. The van der Waals surface area contributed by atoms with Gasteiger partial charge in [0.2, 0.25) is 5.91 Å². The second kappa shape index (κ2) is 7.07. The Hall–Kier alpha value is -2.65. The second-order valence-electron chi connectivity index (χ2n) is 5.82. The molecule has 0 fully saturated rings. The number of carbonyl (C=O) groups excluding carboxylic acids is 2. The molecular formula is C13H21N5O5. The molecule has 0 radical (unpaired) electrons. The van der Waals surface area contributed by atoms with Crippen molar-refractivity contribution in [1.82, 2.24) is 20.3 Å². The number of nitrogens with zero attached hydrogens (tertiary/aromatic N) is 3. The Morgan fingerprint density at radius 2 is 2.00 bits per heavy atom. The number of hydrogen-bond donors (Lipinski definition) is 3. The van der Waals surface area contributed by atoms with Crippen LogP contribution in [0.3, 0.4) is 0 Å². The first kappa shape index (κ1) is 18.4. The summed E-state index contributed by atoms with van der Waals surface area (Å²) in [6, 6.07) is -0.856. The average molecular weight is 327 g/mol. The van der Waals surface area contributed by atoms with E-state index in [1.807, 2.05) is 0 Å². The molecule has 0 aliphatic carbocycles. The fourth-order valence-corrected chi connectivity index (χ4v) is 1.86. The lowest BCUT2D eigenvalue weighted by Gasteiger charge is -2.20. The predicted octanol–water partition coefficient (Wildman–Crippen LogP) is 0.437. The van der Waals surface area contributed by atoms with Gasteiger partial charge >= 0.3 is 12.1 Å². The molecule has 1 unspecified atom stereocenters. The molecule has 1 rings (SSSR count). The van der Waals surface area contributed by atoms with Crippen molar-refractivity contribution in [3.63, 3.8) is 0 Å². The van der Waals surface area contributed by atoms with E-state index in [4.69, 9.17) is 15.6 Å². The van der Waals surface area contributed by atoms with Crippen molar-refractivity contribution in [3.05, 3.63) is 11.4 Å². The monoisotopic (exact) mass is 327 g/mol. The van der Waals surface area contributed by atoms with Gasteiger partial charge in [0, 0.05) is 0 Å². The number of carboxylic acids is 1. The summed E-state index contributed by atoms with van der Waals surface area (Å²) in [4.78, 5) is 34.4. The van der Waals surface area contributed by atoms with Gasteiger partial charge in [-0.25, -0.2) is 14.3 Å². The van der Waals surface area contributed by atoms with Gasteiger partial charge in [0.25, 0.3) is 0 Å². The van der Waals surface area contributed by atoms with Gasteiger partial charge in [-0.15, -0.1) is 5.10 Å². The van der Waals surface area contributed by atoms with Gasteiger partial charge in [0.1, 0.15) is 11.6 Å². The van der Waals surface area contributed by atoms with E-state index in [-0.39, 0.29) is 17.9 Å². The van der Waals surface area contributed by atoms with Crippen LogP contribution in [0.1, 0.15) is 56.3 Å². The molecule has 0 aliphatic heterocycles. The molecule has 1 heterocycles. The Balaban J connectivity index is 3.03. The minimum atomic E-state index is -1.32. The van der Waals surface area contributed by atoms with Crippen molar-refractivity contribution in [2.75, 3.05) is 0 Å². The summed E-state index contributed by atoms with van der Waals surface area (Å²) in [5.41, 5.74) is 4.29. The maximum Gasteiger partial charge on any atom is 0.407 e. The van der Waals surface area contributed by atoms with Crippen LogP contribution in [0.15, 0.2) is 0 Å². The standard InChI is InChI=1S/C13H21N5O5/c1-5-7(10(14)19)18-8(9(11(20)21)16-17-18)6-15-12(22)23-13(2,3)4/h7H,5-6H2,1-4H3,(H2,14,19)(H,15,22)(H,20,21). The molecule has 0 saturated heterocycles. The average Bonchev–Trinajstić information content (AvgIpc) is 2.78. The third-order valence-electron chi connectivity index (χ3n) is 2.80. The Labute approximate surface area is 133 Å². The Morgan fingerprint density at radius 3 is 2.43 bits per heavy atom. The minimum Gasteiger partial charge on any atom is -0.476 e. The highest BCUT2D eigenvalue weighted by molar-refractivity contribution is 5.87. The number of aromatic nitrogens is 3. The topological polar surface area (TPSA) is 149 Å². The van der Waals surface area contributed by atoms with E-state index >= 15 is 0 Å². The molecule has 2 amide bonds. The number of carbonyl (C=O) groups is 3. The zero-order valence-electron chi connectivity index (χ0n) is 13.5. The van der Waals surface area contributed by atoms with Gasteiger partial charge in [-0.05, 0) is 27.2 Å². The summed E-state index contributed by atoms with van der Waals surface area (Å²) in [5, 5.41) is 18.8. The second-order valence-corrected chi connectivity index (χ2v) is 5.82. The largest absolute Gasteiger partial charge is 0.476 e. The molecule has 0 spiro atoms. The van der Waals surface area contributed by atoms with Crippen LogP contribution in [0.2, 0.25) is 0 Å². The predicted molar refractivity (Wildman–Crippen MR) is 78.6 cm³/mol. The van der Waals surface area contributed by atoms with Crippen molar-refractivity contribution in [1.29, 1.82) is 0 Å². The number of nitrogens with one attached hydrogen (secondary N) is 1. The number of nitrogens with two attached hydrogens (primary N) is 1. The molecule has 0 aromatic carbocycles. The van der Waals surface area contributed by atoms with Crippen LogP contribution >= 0.6 is 0 Å². The zero-order valence-corrected chi connectivity index (χ0v) is 13.5. The maximum absolute atomic E-state index is 11.7. The third-order valence-corrected chi connectivity index (χ3v) is 2.80. The van der Waals surface area contributed by atoms with E-state index in [2.05, 4.69) is 15.6 Å². The van der Waals surface area contributed by atoms with Crippen LogP contribution in [0.25, 0.3) is 0 Å². The lowest BCUT2D eigenvalue weighted by atomic mass is 10.2. The van der Waals surface area contributed by atoms with E-state index < -0.39 is 29.6 Å². The molecule has 10 heteroatoms. The Kier molecular flexibility index (Phi) is 5.66. The normalized spacial score (nSPS) is 12.5. The number of ether oxygens (including phenoxy) is 1. The maximum atomic E-state index is 11.7. The highest BCUT2D eigenvalue weighted by Crippen LogP contribution is 2.16. The van der Waals surface area contributed by atoms with E-state index in [0.717, 1.165) is 4.68 Å². The molecule has 0 bridgehead atoms. The molecule has 10 nitrogen and oxygen atoms in total. The number of rotatable bonds is 6. The lowest BCUT2D eigenvalue weighted by Crippen LogP contribution is -2.34. The minimum absolute atomic E-state index is 0.0639. The van der Waals surface area contributed by atoms with Gasteiger partial charge in [0.05, 0.1) is 12.2 Å². The van der Waals surface area contributed by atoms with Crippen LogP contribution in [0.5, 0.6) is 0 Å². The van der Waals surface area contributed by atoms with Crippen LogP contribution in [0.4, 0.5) is 4.79 Å². The smallest absolute Gasteiger partial charge is 0.407 e. The highest BCUT2D eigenvalue weighted by atomic mass is 16.6. The first-order valence-corrected chi connectivity index (χ1v) is 7.00. The summed E-state index contributed by atoms with van der Waals surface area (Å²) in [6.45, 7) is 6.57. The van der Waals surface area contributed by atoms with Gasteiger partial charge in [-0.1, -0.05) is 12.1 Å². The molecule has 128 valence electrons. The summed E-state index contributed by atoms with van der Waals surface area (Å²) < 4.78 is 6.19. The fourth-order valence-electron chi connectivity index (χ4n) is 1.86. The van der Waals surface area contributed by atoms with E-state index in [0.29, 0.717) is 6.42 Å². The van der Waals surface area contributed by atoms with Gasteiger partial charge < -0.3 is 20.9 Å². The summed E-state index contributed by atoms with van der Waals surface area (Å²) >= 11 is 0. The van der Waals surface area contributed by atoms with E-state index in [1.165, 1.54) is 0 Å². The number of primary amides is 1. The van der Waals surface area contributed by atoms with Crippen molar-refractivity contribution >= 4 is 18.0 Å². The van der Waals surface area contributed by atoms with Gasteiger partial charge in [-0.3, -0.25) is 4.79 Å². The number of hydrogen-bond acceptors (Lipinski definition) is 6. The molecular weight excluding hydrogens is 306 g/mol. The quantitative estimate of drug-likeness (QED) is 0.686. The zero-order chi connectivity index (χ0) is 17.8.